The van der Waals surface area contributed by atoms with Crippen LogP contribution in [0.5, 0.6) is 0 Å². The van der Waals surface area contributed by atoms with E-state index in [4.69, 9.17) is 4.74 Å². The number of ether oxygens (including phenoxy) is 1. The molecule has 0 spiro atoms. The topological polar surface area (TPSA) is 32.8 Å². The van der Waals surface area contributed by atoms with Gasteiger partial charge in [0, 0.05) is 43.8 Å². The maximum atomic E-state index is 12.6. The smallest absolute Gasteiger partial charge is 0.253 e. The number of likely N-dealkylation sites (tertiary alicyclic amines) is 1. The van der Waals surface area contributed by atoms with E-state index in [2.05, 4.69) is 15.9 Å². The van der Waals surface area contributed by atoms with Crippen LogP contribution in [0.15, 0.2) is 24.3 Å². The second-order valence-corrected chi connectivity index (χ2v) is 6.29. The van der Waals surface area contributed by atoms with E-state index in [-0.39, 0.29) is 5.91 Å². The third kappa shape index (κ3) is 4.45. The molecule has 0 N–H and O–H groups in total. The summed E-state index contributed by atoms with van der Waals surface area (Å²) in [4.78, 5) is 16.5. The van der Waals surface area contributed by atoms with Crippen LogP contribution in [0.3, 0.4) is 0 Å². The van der Waals surface area contributed by atoms with E-state index in [9.17, 15) is 4.79 Å². The number of hydrogen-bond donors (Lipinski definition) is 0. The molecule has 1 aromatic rings. The van der Waals surface area contributed by atoms with Crippen molar-refractivity contribution in [2.24, 2.45) is 0 Å². The number of amides is 1. The van der Waals surface area contributed by atoms with Gasteiger partial charge in [0.2, 0.25) is 0 Å². The Bertz CT molecular complexity index is 471. The molecule has 0 aromatic heterocycles. The summed E-state index contributed by atoms with van der Waals surface area (Å²) < 4.78 is 5.72. The van der Waals surface area contributed by atoms with Crippen molar-refractivity contribution in [2.75, 3.05) is 44.0 Å². The minimum absolute atomic E-state index is 0.123. The van der Waals surface area contributed by atoms with Gasteiger partial charge in [0.25, 0.3) is 5.91 Å². The van der Waals surface area contributed by atoms with Crippen LogP contribution < -0.4 is 4.90 Å². The van der Waals surface area contributed by atoms with Crippen LogP contribution >= 0.6 is 15.9 Å². The first-order valence-corrected chi connectivity index (χ1v) is 8.48. The van der Waals surface area contributed by atoms with Gasteiger partial charge in [-0.15, -0.1) is 0 Å². The summed E-state index contributed by atoms with van der Waals surface area (Å²) in [6, 6.07) is 7.80. The molecular formula is C16H23BrN2O2. The highest BCUT2D eigenvalue weighted by Crippen LogP contribution is 2.19. The molecular weight excluding hydrogens is 332 g/mol. The molecule has 1 saturated heterocycles. The van der Waals surface area contributed by atoms with Gasteiger partial charge in [-0.2, -0.15) is 0 Å². The molecule has 1 aromatic carbocycles. The summed E-state index contributed by atoms with van der Waals surface area (Å²) in [7, 11) is 3.96. The van der Waals surface area contributed by atoms with Crippen molar-refractivity contribution < 1.29 is 9.53 Å². The van der Waals surface area contributed by atoms with E-state index >= 15 is 0 Å². The third-order valence-corrected chi connectivity index (χ3v) is 4.09. The van der Waals surface area contributed by atoms with Crippen LogP contribution in [0, 0.1) is 0 Å². The van der Waals surface area contributed by atoms with E-state index in [1.54, 1.807) is 0 Å². The zero-order valence-electron chi connectivity index (χ0n) is 12.7. The molecule has 2 rings (SSSR count). The van der Waals surface area contributed by atoms with Crippen molar-refractivity contribution in [3.05, 3.63) is 29.8 Å². The fourth-order valence-corrected chi connectivity index (χ4v) is 2.72. The Morgan fingerprint density at radius 2 is 2.10 bits per heavy atom. The SMILES string of the molecule is CN(C)c1cccc(C(=O)N2CCC(OCCBr)CC2)c1. The van der Waals surface area contributed by atoms with Crippen molar-refractivity contribution in [3.63, 3.8) is 0 Å². The monoisotopic (exact) mass is 354 g/mol. The van der Waals surface area contributed by atoms with Crippen LogP contribution in [0.25, 0.3) is 0 Å². The van der Waals surface area contributed by atoms with Crippen LogP contribution in [-0.2, 0) is 4.74 Å². The molecule has 21 heavy (non-hydrogen) atoms. The van der Waals surface area contributed by atoms with Gasteiger partial charge in [-0.05, 0) is 31.0 Å². The Morgan fingerprint density at radius 3 is 2.71 bits per heavy atom. The first kappa shape index (κ1) is 16.3. The first-order valence-electron chi connectivity index (χ1n) is 7.36. The zero-order chi connectivity index (χ0) is 15.2. The van der Waals surface area contributed by atoms with Gasteiger partial charge >= 0.3 is 0 Å². The van der Waals surface area contributed by atoms with Crippen molar-refractivity contribution in [2.45, 2.75) is 18.9 Å². The zero-order valence-corrected chi connectivity index (χ0v) is 14.3. The number of anilines is 1. The Hall–Kier alpha value is -1.07. The normalized spacial score (nSPS) is 16.0. The summed E-state index contributed by atoms with van der Waals surface area (Å²) in [5.74, 6) is 0.123. The molecule has 0 radical (unpaired) electrons. The second-order valence-electron chi connectivity index (χ2n) is 5.50. The number of nitrogens with zero attached hydrogens (tertiary/aromatic N) is 2. The molecule has 0 aliphatic carbocycles. The molecule has 0 bridgehead atoms. The molecule has 1 aliphatic rings. The Kier molecular flexibility index (Phi) is 6.06. The van der Waals surface area contributed by atoms with Crippen LogP contribution in [0.4, 0.5) is 5.69 Å². The van der Waals surface area contributed by atoms with Gasteiger partial charge in [0.1, 0.15) is 0 Å². The highest BCUT2D eigenvalue weighted by atomic mass is 79.9. The number of benzene rings is 1. The van der Waals surface area contributed by atoms with Crippen LogP contribution in [0.2, 0.25) is 0 Å². The number of alkyl halides is 1. The lowest BCUT2D eigenvalue weighted by atomic mass is 10.1. The minimum atomic E-state index is 0.123. The van der Waals surface area contributed by atoms with Crippen molar-refractivity contribution in [1.29, 1.82) is 0 Å². The molecule has 0 atom stereocenters. The molecule has 1 aliphatic heterocycles. The highest BCUT2D eigenvalue weighted by Gasteiger charge is 2.24. The lowest BCUT2D eigenvalue weighted by molar-refractivity contribution is 0.0160. The Morgan fingerprint density at radius 1 is 1.38 bits per heavy atom. The van der Waals surface area contributed by atoms with Crippen molar-refractivity contribution in [3.8, 4) is 0 Å². The molecule has 116 valence electrons. The predicted molar refractivity (Wildman–Crippen MR) is 89.4 cm³/mol. The number of carbonyl (C=O) groups excluding carboxylic acids is 1. The number of carbonyl (C=O) groups is 1. The summed E-state index contributed by atoms with van der Waals surface area (Å²) in [5, 5.41) is 0.865. The average Bonchev–Trinajstić information content (AvgIpc) is 2.53. The van der Waals surface area contributed by atoms with Crippen molar-refractivity contribution in [1.82, 2.24) is 4.90 Å². The maximum Gasteiger partial charge on any atom is 0.253 e. The quantitative estimate of drug-likeness (QED) is 0.762. The summed E-state index contributed by atoms with van der Waals surface area (Å²) in [5.41, 5.74) is 1.82. The average molecular weight is 355 g/mol. The van der Waals surface area contributed by atoms with Crippen molar-refractivity contribution >= 4 is 27.5 Å². The largest absolute Gasteiger partial charge is 0.378 e. The standard InChI is InChI=1S/C16H23BrN2O2/c1-18(2)14-5-3-4-13(12-14)16(20)19-9-6-15(7-10-19)21-11-8-17/h3-5,12,15H,6-11H2,1-2H3. The number of hydrogen-bond acceptors (Lipinski definition) is 3. The maximum absolute atomic E-state index is 12.6. The van der Waals surface area contributed by atoms with Gasteiger partial charge in [0.15, 0.2) is 0 Å². The molecule has 1 heterocycles. The predicted octanol–water partition coefficient (Wildman–Crippen LogP) is 2.77. The van der Waals surface area contributed by atoms with Crippen LogP contribution in [-0.4, -0.2) is 56.0 Å². The van der Waals surface area contributed by atoms with Gasteiger partial charge < -0.3 is 14.5 Å². The highest BCUT2D eigenvalue weighted by molar-refractivity contribution is 9.09. The van der Waals surface area contributed by atoms with E-state index in [1.807, 2.05) is 48.2 Å². The second kappa shape index (κ2) is 7.80. The van der Waals surface area contributed by atoms with Gasteiger partial charge in [-0.1, -0.05) is 22.0 Å². The molecule has 4 nitrogen and oxygen atoms in total. The number of rotatable bonds is 5. The summed E-state index contributed by atoms with van der Waals surface area (Å²) in [6.07, 6.45) is 2.14. The minimum Gasteiger partial charge on any atom is -0.378 e. The summed E-state index contributed by atoms with van der Waals surface area (Å²) in [6.45, 7) is 2.29. The third-order valence-electron chi connectivity index (χ3n) is 3.77. The van der Waals surface area contributed by atoms with E-state index in [0.717, 1.165) is 49.1 Å². The molecule has 0 unspecified atom stereocenters. The fraction of sp³-hybridized carbons (Fsp3) is 0.562. The summed E-state index contributed by atoms with van der Waals surface area (Å²) >= 11 is 3.37. The molecule has 0 saturated carbocycles. The fourth-order valence-electron chi connectivity index (χ4n) is 2.54. The Balaban J connectivity index is 1.94. The molecule has 5 heteroatoms. The van der Waals surface area contributed by atoms with Gasteiger partial charge in [-0.3, -0.25) is 4.79 Å². The first-order chi connectivity index (χ1) is 10.1. The molecule has 1 fully saturated rings. The van der Waals surface area contributed by atoms with E-state index in [0.29, 0.717) is 6.10 Å². The number of halogens is 1. The van der Waals surface area contributed by atoms with E-state index in [1.165, 1.54) is 0 Å². The Labute approximate surface area is 135 Å². The lowest BCUT2D eigenvalue weighted by Gasteiger charge is -2.32. The van der Waals surface area contributed by atoms with Gasteiger partial charge in [0.05, 0.1) is 12.7 Å². The molecule has 1 amide bonds. The van der Waals surface area contributed by atoms with Crippen LogP contribution in [0.1, 0.15) is 23.2 Å². The lowest BCUT2D eigenvalue weighted by Crippen LogP contribution is -2.41. The van der Waals surface area contributed by atoms with Gasteiger partial charge in [-0.25, -0.2) is 0 Å². The number of piperidine rings is 1. The van der Waals surface area contributed by atoms with E-state index < -0.39 is 0 Å².